The summed E-state index contributed by atoms with van der Waals surface area (Å²) in [7, 11) is 1.19. The molecule has 0 fully saturated rings. The molecule has 0 bridgehead atoms. The third-order valence-electron chi connectivity index (χ3n) is 2.33. The van der Waals surface area contributed by atoms with Crippen molar-refractivity contribution in [3.8, 4) is 0 Å². The van der Waals surface area contributed by atoms with Gasteiger partial charge in [0, 0.05) is 0 Å². The monoisotopic (exact) mass is 245 g/mol. The number of benzene rings is 1. The van der Waals surface area contributed by atoms with Crippen LogP contribution in [0.15, 0.2) is 24.3 Å². The lowest BCUT2D eigenvalue weighted by atomic mass is 10.00. The second-order valence-electron chi connectivity index (χ2n) is 3.51. The molecule has 17 heavy (non-hydrogen) atoms. The Labute approximate surface area is 97.0 Å². The summed E-state index contributed by atoms with van der Waals surface area (Å²) < 4.78 is 30.8. The van der Waals surface area contributed by atoms with E-state index in [-0.39, 0.29) is 11.1 Å². The molecule has 94 valence electrons. The zero-order valence-electron chi connectivity index (χ0n) is 9.19. The first-order valence-corrected chi connectivity index (χ1v) is 4.85. The molecule has 4 nitrogen and oxygen atoms in total. The number of hydrogen-bond donors (Lipinski definition) is 2. The van der Waals surface area contributed by atoms with Gasteiger partial charge in [0.25, 0.3) is 5.92 Å². The first kappa shape index (κ1) is 13.5. The van der Waals surface area contributed by atoms with Crippen LogP contribution in [-0.2, 0) is 4.74 Å². The van der Waals surface area contributed by atoms with Gasteiger partial charge in [-0.25, -0.2) is 13.6 Å². The summed E-state index contributed by atoms with van der Waals surface area (Å²) in [5.41, 5.74) is 5.53. The fourth-order valence-electron chi connectivity index (χ4n) is 1.32. The van der Waals surface area contributed by atoms with E-state index in [4.69, 9.17) is 10.8 Å². The van der Waals surface area contributed by atoms with E-state index in [1.54, 1.807) is 0 Å². The van der Waals surface area contributed by atoms with E-state index in [9.17, 15) is 13.6 Å². The molecule has 0 aromatic heterocycles. The fourth-order valence-corrected chi connectivity index (χ4v) is 1.32. The molecule has 0 heterocycles. The van der Waals surface area contributed by atoms with Crippen LogP contribution in [0.4, 0.5) is 8.78 Å². The van der Waals surface area contributed by atoms with Crippen LogP contribution in [0.1, 0.15) is 22.0 Å². The van der Waals surface area contributed by atoms with Gasteiger partial charge in [0.1, 0.15) is 6.61 Å². The number of carbonyl (C=O) groups is 1. The summed E-state index contributed by atoms with van der Waals surface area (Å²) in [6.45, 7) is -1.35. The quantitative estimate of drug-likeness (QED) is 0.779. The van der Waals surface area contributed by atoms with Gasteiger partial charge in [-0.2, -0.15) is 0 Å². The van der Waals surface area contributed by atoms with Crippen molar-refractivity contribution in [1.82, 2.24) is 0 Å². The van der Waals surface area contributed by atoms with Crippen molar-refractivity contribution in [2.45, 2.75) is 12.0 Å². The van der Waals surface area contributed by atoms with E-state index in [1.165, 1.54) is 31.4 Å². The van der Waals surface area contributed by atoms with Gasteiger partial charge in [-0.05, 0) is 17.7 Å². The predicted octanol–water partition coefficient (Wildman–Crippen LogP) is 1.10. The minimum atomic E-state index is -3.44. The number of aliphatic hydroxyl groups excluding tert-OH is 1. The molecule has 6 heteroatoms. The van der Waals surface area contributed by atoms with Crippen LogP contribution in [0.5, 0.6) is 0 Å². The van der Waals surface area contributed by atoms with E-state index >= 15 is 0 Å². The van der Waals surface area contributed by atoms with Crippen LogP contribution in [0.3, 0.4) is 0 Å². The highest BCUT2D eigenvalue weighted by Gasteiger charge is 2.37. The maximum atomic E-state index is 13.2. The Morgan fingerprint density at radius 3 is 2.76 bits per heavy atom. The number of hydrogen-bond acceptors (Lipinski definition) is 4. The largest absolute Gasteiger partial charge is 0.465 e. The van der Waals surface area contributed by atoms with Crippen LogP contribution < -0.4 is 5.73 Å². The first-order valence-electron chi connectivity index (χ1n) is 4.85. The number of nitrogens with two attached hydrogens (primary N) is 1. The van der Waals surface area contributed by atoms with E-state index in [1.807, 2.05) is 0 Å². The molecule has 0 radical (unpaired) electrons. The number of esters is 1. The summed E-state index contributed by atoms with van der Waals surface area (Å²) in [4.78, 5) is 11.2. The maximum Gasteiger partial charge on any atom is 0.337 e. The number of carbonyl (C=O) groups excluding carboxylic acids is 1. The molecule has 0 saturated heterocycles. The molecule has 0 unspecified atom stereocenters. The molecule has 0 aliphatic heterocycles. The minimum Gasteiger partial charge on any atom is -0.465 e. The molecule has 0 spiro atoms. The molecule has 0 saturated carbocycles. The first-order chi connectivity index (χ1) is 7.92. The lowest BCUT2D eigenvalue weighted by Crippen LogP contribution is -2.36. The van der Waals surface area contributed by atoms with Gasteiger partial charge >= 0.3 is 5.97 Å². The van der Waals surface area contributed by atoms with Crippen LogP contribution in [0.2, 0.25) is 0 Å². The maximum absolute atomic E-state index is 13.2. The van der Waals surface area contributed by atoms with Gasteiger partial charge in [-0.15, -0.1) is 0 Å². The van der Waals surface area contributed by atoms with Gasteiger partial charge in [0.15, 0.2) is 0 Å². The molecule has 1 aromatic carbocycles. The minimum absolute atomic E-state index is 0.0620. The smallest absolute Gasteiger partial charge is 0.337 e. The number of ether oxygens (including phenoxy) is 1. The number of methoxy groups -OCH3 is 1. The molecule has 1 atom stereocenters. The highest BCUT2D eigenvalue weighted by molar-refractivity contribution is 5.89. The molecule has 1 rings (SSSR count). The molecular formula is C11H13F2NO3. The zero-order chi connectivity index (χ0) is 13.1. The molecule has 3 N–H and O–H groups in total. The van der Waals surface area contributed by atoms with E-state index < -0.39 is 24.5 Å². The Morgan fingerprint density at radius 1 is 1.59 bits per heavy atom. The third-order valence-corrected chi connectivity index (χ3v) is 2.33. The molecule has 0 aliphatic rings. The molecule has 0 aliphatic carbocycles. The fraction of sp³-hybridized carbons (Fsp3) is 0.364. The van der Waals surface area contributed by atoms with Crippen LogP contribution >= 0.6 is 0 Å². The summed E-state index contributed by atoms with van der Waals surface area (Å²) in [5, 5.41) is 8.53. The Morgan fingerprint density at radius 2 is 2.24 bits per heavy atom. The van der Waals surface area contributed by atoms with E-state index in [0.29, 0.717) is 0 Å². The zero-order valence-corrected chi connectivity index (χ0v) is 9.19. The summed E-state index contributed by atoms with van der Waals surface area (Å²) in [6, 6.07) is 3.77. The van der Waals surface area contributed by atoms with Gasteiger partial charge in [-0.3, -0.25) is 0 Å². The Bertz CT molecular complexity index is 409. The average Bonchev–Trinajstić information content (AvgIpc) is 2.36. The second kappa shape index (κ2) is 5.20. The van der Waals surface area contributed by atoms with Crippen LogP contribution in [0.25, 0.3) is 0 Å². The van der Waals surface area contributed by atoms with E-state index in [0.717, 1.165) is 0 Å². The van der Waals surface area contributed by atoms with Crippen molar-refractivity contribution in [2.75, 3.05) is 13.7 Å². The van der Waals surface area contributed by atoms with Crippen molar-refractivity contribution < 1.29 is 23.4 Å². The molecular weight excluding hydrogens is 232 g/mol. The van der Waals surface area contributed by atoms with Crippen LogP contribution in [0, 0.1) is 0 Å². The Balaban J connectivity index is 3.03. The third kappa shape index (κ3) is 2.98. The normalized spacial score (nSPS) is 13.2. The number of aliphatic hydroxyl groups is 1. The Hall–Kier alpha value is -1.53. The standard InChI is InChI=1S/C11H13F2NO3/c1-17-10(16)8-4-2-3-7(5-8)9(14)11(12,13)6-15/h2-5,9,15H,6,14H2,1H3/t9-/m0/s1. The van der Waals surface area contributed by atoms with Gasteiger partial charge in [0.2, 0.25) is 0 Å². The van der Waals surface area contributed by atoms with Gasteiger partial charge in [-0.1, -0.05) is 12.1 Å². The summed E-state index contributed by atoms with van der Waals surface area (Å²) >= 11 is 0. The van der Waals surface area contributed by atoms with Crippen molar-refractivity contribution in [2.24, 2.45) is 5.73 Å². The van der Waals surface area contributed by atoms with Crippen molar-refractivity contribution in [3.63, 3.8) is 0 Å². The highest BCUT2D eigenvalue weighted by atomic mass is 19.3. The topological polar surface area (TPSA) is 72.5 Å². The average molecular weight is 245 g/mol. The van der Waals surface area contributed by atoms with Gasteiger partial charge in [0.05, 0.1) is 18.7 Å². The SMILES string of the molecule is COC(=O)c1cccc([C@H](N)C(F)(F)CO)c1. The lowest BCUT2D eigenvalue weighted by molar-refractivity contribution is -0.0712. The highest BCUT2D eigenvalue weighted by Crippen LogP contribution is 2.29. The van der Waals surface area contributed by atoms with Crippen LogP contribution in [-0.4, -0.2) is 30.7 Å². The summed E-state index contributed by atoms with van der Waals surface area (Å²) in [6.07, 6.45) is 0. The van der Waals surface area contributed by atoms with Crippen molar-refractivity contribution in [3.05, 3.63) is 35.4 Å². The lowest BCUT2D eigenvalue weighted by Gasteiger charge is -2.21. The number of alkyl halides is 2. The van der Waals surface area contributed by atoms with E-state index in [2.05, 4.69) is 4.74 Å². The van der Waals surface area contributed by atoms with Crippen molar-refractivity contribution in [1.29, 1.82) is 0 Å². The summed E-state index contributed by atoms with van der Waals surface area (Å²) in [5.74, 6) is -4.07. The molecule has 1 aromatic rings. The van der Waals surface area contributed by atoms with Gasteiger partial charge < -0.3 is 15.6 Å². The molecule has 0 amide bonds. The van der Waals surface area contributed by atoms with Crippen molar-refractivity contribution >= 4 is 5.97 Å². The Kier molecular flexibility index (Phi) is 4.14. The predicted molar refractivity (Wildman–Crippen MR) is 56.7 cm³/mol. The number of halogens is 2. The number of rotatable bonds is 4. The second-order valence-corrected chi connectivity index (χ2v) is 3.51.